The highest BCUT2D eigenvalue weighted by Gasteiger charge is 2.41. The Morgan fingerprint density at radius 2 is 2.05 bits per heavy atom. The van der Waals surface area contributed by atoms with Crippen molar-refractivity contribution in [1.82, 2.24) is 9.88 Å². The third kappa shape index (κ3) is 2.34. The molecule has 0 spiro atoms. The fourth-order valence-corrected chi connectivity index (χ4v) is 3.95. The highest BCUT2D eigenvalue weighted by molar-refractivity contribution is 7.17. The minimum atomic E-state index is -0.349. The number of fused-ring (bicyclic) bond motifs is 1. The molecule has 1 fully saturated rings. The van der Waals surface area contributed by atoms with Gasteiger partial charge in [-0.2, -0.15) is 0 Å². The molecule has 1 aromatic heterocycles. The summed E-state index contributed by atoms with van der Waals surface area (Å²) < 4.78 is 5.36. The topological polar surface area (TPSA) is 62.7 Å². The number of aromatic nitrogens is 1. The van der Waals surface area contributed by atoms with Gasteiger partial charge in [-0.3, -0.25) is 4.79 Å². The number of urea groups is 1. The summed E-state index contributed by atoms with van der Waals surface area (Å²) in [5.74, 6) is 0.124. The lowest BCUT2D eigenvalue weighted by molar-refractivity contribution is 0.0916. The number of ether oxygens (including phenoxy) is 1. The van der Waals surface area contributed by atoms with Crippen molar-refractivity contribution in [1.29, 1.82) is 0 Å². The van der Waals surface area contributed by atoms with Crippen LogP contribution in [0.1, 0.15) is 35.6 Å². The molecule has 0 radical (unpaired) electrons. The summed E-state index contributed by atoms with van der Waals surface area (Å²) in [7, 11) is 3.31. The highest BCUT2D eigenvalue weighted by Crippen LogP contribution is 2.40. The van der Waals surface area contributed by atoms with Gasteiger partial charge in [0.1, 0.15) is 0 Å². The number of hydrogen-bond acceptors (Lipinski definition) is 5. The maximum Gasteiger partial charge on any atom is 0.328 e. The normalized spacial score (nSPS) is 24.7. The fraction of sp³-hybridized carbons (Fsp3) is 0.643. The Morgan fingerprint density at radius 3 is 2.71 bits per heavy atom. The van der Waals surface area contributed by atoms with E-state index in [4.69, 9.17) is 4.74 Å². The Balaban J connectivity index is 1.98. The van der Waals surface area contributed by atoms with Gasteiger partial charge in [-0.05, 0) is 11.8 Å². The smallest absolute Gasteiger partial charge is 0.328 e. The third-order valence-corrected chi connectivity index (χ3v) is 5.09. The lowest BCUT2D eigenvalue weighted by Crippen LogP contribution is -2.35. The second-order valence-corrected chi connectivity index (χ2v) is 7.41. The average Bonchev–Trinajstić information content (AvgIpc) is 2.90. The van der Waals surface area contributed by atoms with E-state index >= 15 is 0 Å². The van der Waals surface area contributed by atoms with Gasteiger partial charge in [0.2, 0.25) is 0 Å². The maximum atomic E-state index is 12.3. The molecule has 1 aliphatic carbocycles. The standard InChI is InChI=1S/C14H19N3O3S/c1-14(2)5-8-11(9(18)6-14)21-12(15-8)17-10(20-4)7-16(3)13(17)19/h10H,5-7H2,1-4H3. The van der Waals surface area contributed by atoms with Crippen molar-refractivity contribution in [2.75, 3.05) is 25.6 Å². The number of methoxy groups -OCH3 is 1. The molecule has 1 aromatic rings. The summed E-state index contributed by atoms with van der Waals surface area (Å²) in [5.41, 5.74) is 0.746. The van der Waals surface area contributed by atoms with Crippen LogP contribution >= 0.6 is 11.3 Å². The number of amides is 2. The molecule has 21 heavy (non-hydrogen) atoms. The minimum absolute atomic E-state index is 0.0676. The quantitative estimate of drug-likeness (QED) is 0.839. The molecule has 2 aliphatic rings. The number of rotatable bonds is 2. The fourth-order valence-electron chi connectivity index (χ4n) is 2.90. The molecule has 0 bridgehead atoms. The molecule has 6 nitrogen and oxygen atoms in total. The average molecular weight is 309 g/mol. The van der Waals surface area contributed by atoms with Gasteiger partial charge in [0.25, 0.3) is 0 Å². The molecule has 3 rings (SSSR count). The first-order chi connectivity index (χ1) is 9.82. The molecule has 114 valence electrons. The molecule has 1 unspecified atom stereocenters. The van der Waals surface area contributed by atoms with E-state index in [0.29, 0.717) is 23.0 Å². The zero-order valence-electron chi connectivity index (χ0n) is 12.7. The zero-order valence-corrected chi connectivity index (χ0v) is 13.5. The lowest BCUT2D eigenvalue weighted by atomic mass is 9.78. The van der Waals surface area contributed by atoms with Gasteiger partial charge < -0.3 is 9.64 Å². The van der Waals surface area contributed by atoms with E-state index in [1.807, 2.05) is 0 Å². The molecule has 0 saturated carbocycles. The van der Waals surface area contributed by atoms with Crippen LogP contribution in [0.3, 0.4) is 0 Å². The van der Waals surface area contributed by atoms with Gasteiger partial charge >= 0.3 is 6.03 Å². The van der Waals surface area contributed by atoms with Crippen LogP contribution in [0.2, 0.25) is 0 Å². The van der Waals surface area contributed by atoms with Gasteiger partial charge in [-0.1, -0.05) is 25.2 Å². The number of carbonyl (C=O) groups excluding carboxylic acids is 2. The van der Waals surface area contributed by atoms with Gasteiger partial charge in [0.05, 0.1) is 17.1 Å². The number of hydrogen-bond donors (Lipinski definition) is 0. The summed E-state index contributed by atoms with van der Waals surface area (Å²) in [6, 6.07) is -0.139. The molecule has 2 amide bonds. The van der Waals surface area contributed by atoms with E-state index in [2.05, 4.69) is 18.8 Å². The summed E-state index contributed by atoms with van der Waals surface area (Å²) in [5, 5.41) is 0.562. The molecule has 1 saturated heterocycles. The molecular weight excluding hydrogens is 290 g/mol. The molecular formula is C14H19N3O3S. The number of likely N-dealkylation sites (N-methyl/N-ethyl adjacent to an activating group) is 1. The molecule has 0 aromatic carbocycles. The molecule has 1 atom stereocenters. The Hall–Kier alpha value is -1.47. The summed E-state index contributed by atoms with van der Waals surface area (Å²) in [4.78, 5) is 32.9. The van der Waals surface area contributed by atoms with Crippen molar-refractivity contribution >= 4 is 28.3 Å². The van der Waals surface area contributed by atoms with Crippen molar-refractivity contribution in [3.8, 4) is 0 Å². The van der Waals surface area contributed by atoms with Crippen LogP contribution in [0.25, 0.3) is 0 Å². The summed E-state index contributed by atoms with van der Waals surface area (Å²) in [6.07, 6.45) is 0.946. The number of nitrogens with zero attached hydrogens (tertiary/aromatic N) is 3. The van der Waals surface area contributed by atoms with E-state index in [0.717, 1.165) is 12.1 Å². The van der Waals surface area contributed by atoms with Crippen molar-refractivity contribution in [2.24, 2.45) is 5.41 Å². The first kappa shape index (κ1) is 14.5. The molecule has 0 N–H and O–H groups in total. The Bertz CT molecular complexity index is 611. The van der Waals surface area contributed by atoms with Gasteiger partial charge in [0.15, 0.2) is 17.1 Å². The van der Waals surface area contributed by atoms with Crippen LogP contribution in [-0.4, -0.2) is 48.6 Å². The predicted octanol–water partition coefficient (Wildman–Crippen LogP) is 2.14. The van der Waals surface area contributed by atoms with Crippen LogP contribution in [-0.2, 0) is 11.2 Å². The van der Waals surface area contributed by atoms with Gasteiger partial charge in [-0.15, -0.1) is 0 Å². The van der Waals surface area contributed by atoms with Crippen LogP contribution < -0.4 is 4.90 Å². The Kier molecular flexibility index (Phi) is 3.29. The van der Waals surface area contributed by atoms with Crippen molar-refractivity contribution < 1.29 is 14.3 Å². The molecule has 1 aliphatic heterocycles. The number of Topliss-reactive ketones (excluding diaryl/α,β-unsaturated/α-hetero) is 1. The third-order valence-electron chi connectivity index (χ3n) is 3.95. The monoisotopic (exact) mass is 309 g/mol. The number of anilines is 1. The number of carbonyl (C=O) groups is 2. The largest absolute Gasteiger partial charge is 0.359 e. The van der Waals surface area contributed by atoms with Crippen molar-refractivity contribution in [3.05, 3.63) is 10.6 Å². The highest BCUT2D eigenvalue weighted by atomic mass is 32.1. The van der Waals surface area contributed by atoms with E-state index in [1.54, 1.807) is 24.0 Å². The van der Waals surface area contributed by atoms with E-state index in [9.17, 15) is 9.59 Å². The first-order valence-electron chi connectivity index (χ1n) is 6.92. The van der Waals surface area contributed by atoms with Crippen molar-refractivity contribution in [2.45, 2.75) is 32.9 Å². The van der Waals surface area contributed by atoms with E-state index in [-0.39, 0.29) is 23.5 Å². The second kappa shape index (κ2) is 4.78. The van der Waals surface area contributed by atoms with Gasteiger partial charge in [0, 0.05) is 20.6 Å². The molecule has 7 heteroatoms. The Morgan fingerprint density at radius 1 is 1.33 bits per heavy atom. The lowest BCUT2D eigenvalue weighted by Gasteiger charge is -2.26. The summed E-state index contributed by atoms with van der Waals surface area (Å²) >= 11 is 1.30. The van der Waals surface area contributed by atoms with Crippen LogP contribution in [0.15, 0.2) is 0 Å². The SMILES string of the molecule is COC1CN(C)C(=O)N1c1nc2c(s1)C(=O)CC(C)(C)C2. The van der Waals surface area contributed by atoms with E-state index in [1.165, 1.54) is 11.3 Å². The van der Waals surface area contributed by atoms with Crippen LogP contribution in [0.5, 0.6) is 0 Å². The zero-order chi connectivity index (χ0) is 15.4. The summed E-state index contributed by atoms with van der Waals surface area (Å²) in [6.45, 7) is 4.64. The first-order valence-corrected chi connectivity index (χ1v) is 7.74. The number of thiazole rings is 1. The predicted molar refractivity (Wildman–Crippen MR) is 79.8 cm³/mol. The van der Waals surface area contributed by atoms with Crippen LogP contribution in [0, 0.1) is 5.41 Å². The van der Waals surface area contributed by atoms with Crippen molar-refractivity contribution in [3.63, 3.8) is 0 Å². The molecule has 2 heterocycles. The second-order valence-electron chi connectivity index (χ2n) is 6.44. The maximum absolute atomic E-state index is 12.3. The minimum Gasteiger partial charge on any atom is -0.359 e. The number of ketones is 1. The van der Waals surface area contributed by atoms with Gasteiger partial charge in [-0.25, -0.2) is 14.7 Å². The Labute approximate surface area is 127 Å². The van der Waals surface area contributed by atoms with E-state index < -0.39 is 0 Å². The van der Waals surface area contributed by atoms with Crippen LogP contribution in [0.4, 0.5) is 9.93 Å².